The maximum atomic E-state index is 11.4. The highest BCUT2D eigenvalue weighted by atomic mass is 16.4. The average Bonchev–Trinajstić information content (AvgIpc) is 2.86. The van der Waals surface area contributed by atoms with Gasteiger partial charge in [-0.25, -0.2) is 9.78 Å². The standard InChI is InChI=1S/C17H26N2O2/c1-11(2)12-6-7-19(10-12)15-9-13(16(20)21)8-14(18-15)17(3,4)5/h8-9,11-12H,6-7,10H2,1-5H3,(H,20,21). The quantitative estimate of drug-likeness (QED) is 0.924. The number of nitrogens with zero attached hydrogens (tertiary/aromatic N) is 2. The number of pyridine rings is 1. The lowest BCUT2D eigenvalue weighted by Gasteiger charge is -2.24. The SMILES string of the molecule is CC(C)C1CCN(c2cc(C(=O)O)cc(C(C)(C)C)n2)C1. The van der Waals surface area contributed by atoms with Crippen LogP contribution < -0.4 is 4.90 Å². The molecule has 1 N–H and O–H groups in total. The van der Waals surface area contributed by atoms with E-state index in [0.717, 1.165) is 31.0 Å². The lowest BCUT2D eigenvalue weighted by atomic mass is 9.90. The Kier molecular flexibility index (Phi) is 4.26. The number of hydrogen-bond donors (Lipinski definition) is 1. The second kappa shape index (κ2) is 5.66. The van der Waals surface area contributed by atoms with Gasteiger partial charge in [0.25, 0.3) is 0 Å². The van der Waals surface area contributed by atoms with Gasteiger partial charge in [0.2, 0.25) is 0 Å². The molecule has 1 aliphatic rings. The lowest BCUT2D eigenvalue weighted by Crippen LogP contribution is -2.24. The van der Waals surface area contributed by atoms with Crippen LogP contribution >= 0.6 is 0 Å². The van der Waals surface area contributed by atoms with Crippen molar-refractivity contribution in [2.24, 2.45) is 11.8 Å². The molecule has 0 saturated carbocycles. The molecule has 4 heteroatoms. The normalized spacial score (nSPS) is 19.3. The van der Waals surface area contributed by atoms with Crippen molar-refractivity contribution in [1.29, 1.82) is 0 Å². The van der Waals surface area contributed by atoms with E-state index in [4.69, 9.17) is 4.98 Å². The van der Waals surface area contributed by atoms with Gasteiger partial charge < -0.3 is 10.0 Å². The zero-order valence-electron chi connectivity index (χ0n) is 13.7. The highest BCUT2D eigenvalue weighted by Gasteiger charge is 2.27. The summed E-state index contributed by atoms with van der Waals surface area (Å²) in [5.74, 6) is 1.24. The minimum absolute atomic E-state index is 0.155. The number of hydrogen-bond acceptors (Lipinski definition) is 3. The summed E-state index contributed by atoms with van der Waals surface area (Å²) in [5.41, 5.74) is 1.01. The van der Waals surface area contributed by atoms with Gasteiger partial charge in [-0.15, -0.1) is 0 Å². The minimum Gasteiger partial charge on any atom is -0.478 e. The molecule has 1 aromatic heterocycles. The molecule has 0 spiro atoms. The number of carboxylic acid groups (broad SMARTS) is 1. The Bertz CT molecular complexity index is 532. The summed E-state index contributed by atoms with van der Waals surface area (Å²) < 4.78 is 0. The van der Waals surface area contributed by atoms with Gasteiger partial charge in [0, 0.05) is 24.2 Å². The second-order valence-corrected chi connectivity index (χ2v) is 7.39. The maximum Gasteiger partial charge on any atom is 0.335 e. The van der Waals surface area contributed by atoms with Crippen molar-refractivity contribution >= 4 is 11.8 Å². The van der Waals surface area contributed by atoms with Gasteiger partial charge >= 0.3 is 5.97 Å². The van der Waals surface area contributed by atoms with Crippen molar-refractivity contribution in [2.75, 3.05) is 18.0 Å². The summed E-state index contributed by atoms with van der Waals surface area (Å²) in [6.45, 7) is 12.6. The monoisotopic (exact) mass is 290 g/mol. The van der Waals surface area contributed by atoms with Crippen LogP contribution in [-0.2, 0) is 5.41 Å². The van der Waals surface area contributed by atoms with Crippen molar-refractivity contribution in [1.82, 2.24) is 4.98 Å². The molecular formula is C17H26N2O2. The van der Waals surface area contributed by atoms with E-state index in [1.165, 1.54) is 0 Å². The summed E-state index contributed by atoms with van der Waals surface area (Å²) in [6.07, 6.45) is 1.15. The van der Waals surface area contributed by atoms with Crippen LogP contribution in [0.25, 0.3) is 0 Å². The van der Waals surface area contributed by atoms with E-state index < -0.39 is 5.97 Å². The fraction of sp³-hybridized carbons (Fsp3) is 0.647. The third-order valence-electron chi connectivity index (χ3n) is 4.32. The summed E-state index contributed by atoms with van der Waals surface area (Å²) in [6, 6.07) is 3.40. The number of anilines is 1. The third kappa shape index (κ3) is 3.55. The van der Waals surface area contributed by atoms with E-state index in [0.29, 0.717) is 17.4 Å². The number of rotatable bonds is 3. The van der Waals surface area contributed by atoms with Crippen molar-refractivity contribution < 1.29 is 9.90 Å². The van der Waals surface area contributed by atoms with Crippen LogP contribution in [0.5, 0.6) is 0 Å². The van der Waals surface area contributed by atoms with E-state index in [1.54, 1.807) is 12.1 Å². The molecule has 1 unspecified atom stereocenters. The zero-order chi connectivity index (χ0) is 15.8. The summed E-state index contributed by atoms with van der Waals surface area (Å²) in [4.78, 5) is 18.3. The van der Waals surface area contributed by atoms with E-state index >= 15 is 0 Å². The van der Waals surface area contributed by atoms with Crippen LogP contribution in [0.4, 0.5) is 5.82 Å². The Balaban J connectivity index is 2.35. The summed E-state index contributed by atoms with van der Waals surface area (Å²) in [7, 11) is 0. The number of aromatic carboxylic acids is 1. The summed E-state index contributed by atoms with van der Waals surface area (Å²) >= 11 is 0. The topological polar surface area (TPSA) is 53.4 Å². The largest absolute Gasteiger partial charge is 0.478 e. The molecule has 116 valence electrons. The van der Waals surface area contributed by atoms with Crippen LogP contribution in [0.1, 0.15) is 57.1 Å². The van der Waals surface area contributed by atoms with Crippen LogP contribution in [0.2, 0.25) is 0 Å². The van der Waals surface area contributed by atoms with Crippen molar-refractivity contribution in [3.8, 4) is 0 Å². The first kappa shape index (κ1) is 15.8. The molecule has 2 heterocycles. The highest BCUT2D eigenvalue weighted by Crippen LogP contribution is 2.30. The zero-order valence-corrected chi connectivity index (χ0v) is 13.7. The molecule has 1 aromatic rings. The first-order valence-electron chi connectivity index (χ1n) is 7.69. The number of carboxylic acids is 1. The first-order valence-corrected chi connectivity index (χ1v) is 7.69. The first-order chi connectivity index (χ1) is 9.68. The number of carbonyl (C=O) groups is 1. The van der Waals surface area contributed by atoms with Gasteiger partial charge in [0.15, 0.2) is 0 Å². The van der Waals surface area contributed by atoms with Gasteiger partial charge in [0.1, 0.15) is 5.82 Å². The Labute approximate surface area is 127 Å². The molecule has 2 rings (SSSR count). The smallest absolute Gasteiger partial charge is 0.335 e. The van der Waals surface area contributed by atoms with Gasteiger partial charge in [-0.05, 0) is 30.4 Å². The van der Waals surface area contributed by atoms with Crippen molar-refractivity contribution in [3.63, 3.8) is 0 Å². The van der Waals surface area contributed by atoms with Crippen molar-refractivity contribution in [2.45, 2.75) is 46.5 Å². The Morgan fingerprint density at radius 2 is 2.05 bits per heavy atom. The fourth-order valence-electron chi connectivity index (χ4n) is 2.73. The highest BCUT2D eigenvalue weighted by molar-refractivity contribution is 5.88. The van der Waals surface area contributed by atoms with Crippen LogP contribution in [0.15, 0.2) is 12.1 Å². The molecule has 0 radical (unpaired) electrons. The van der Waals surface area contributed by atoms with Crippen LogP contribution in [0, 0.1) is 11.8 Å². The third-order valence-corrected chi connectivity index (χ3v) is 4.32. The Morgan fingerprint density at radius 1 is 1.38 bits per heavy atom. The Hall–Kier alpha value is -1.58. The predicted octanol–water partition coefficient (Wildman–Crippen LogP) is 3.56. The molecule has 1 saturated heterocycles. The van der Waals surface area contributed by atoms with Gasteiger partial charge in [-0.1, -0.05) is 34.6 Å². The van der Waals surface area contributed by atoms with E-state index in [1.807, 2.05) is 0 Å². The summed E-state index contributed by atoms with van der Waals surface area (Å²) in [5, 5.41) is 9.34. The maximum absolute atomic E-state index is 11.4. The van der Waals surface area contributed by atoms with Gasteiger partial charge in [0.05, 0.1) is 5.56 Å². The fourth-order valence-corrected chi connectivity index (χ4v) is 2.73. The molecule has 0 bridgehead atoms. The number of aromatic nitrogens is 1. The van der Waals surface area contributed by atoms with Crippen molar-refractivity contribution in [3.05, 3.63) is 23.4 Å². The van der Waals surface area contributed by atoms with E-state index in [9.17, 15) is 9.90 Å². The average molecular weight is 290 g/mol. The predicted molar refractivity (Wildman–Crippen MR) is 85.1 cm³/mol. The van der Waals surface area contributed by atoms with Gasteiger partial charge in [-0.2, -0.15) is 0 Å². The van der Waals surface area contributed by atoms with E-state index in [2.05, 4.69) is 39.5 Å². The van der Waals surface area contributed by atoms with Crippen LogP contribution in [0.3, 0.4) is 0 Å². The molecule has 21 heavy (non-hydrogen) atoms. The lowest BCUT2D eigenvalue weighted by molar-refractivity contribution is 0.0696. The molecule has 0 aliphatic carbocycles. The van der Waals surface area contributed by atoms with Crippen LogP contribution in [-0.4, -0.2) is 29.1 Å². The van der Waals surface area contributed by atoms with Gasteiger partial charge in [-0.3, -0.25) is 0 Å². The molecule has 4 nitrogen and oxygen atoms in total. The van der Waals surface area contributed by atoms with E-state index in [-0.39, 0.29) is 5.41 Å². The molecule has 1 aliphatic heterocycles. The Morgan fingerprint density at radius 3 is 2.52 bits per heavy atom. The minimum atomic E-state index is -0.885. The second-order valence-electron chi connectivity index (χ2n) is 7.39. The molecule has 1 atom stereocenters. The molecule has 1 fully saturated rings. The molecule has 0 aromatic carbocycles. The molecule has 0 amide bonds. The molecular weight excluding hydrogens is 264 g/mol.